The van der Waals surface area contributed by atoms with Crippen LogP contribution in [0.4, 0.5) is 0 Å². The van der Waals surface area contributed by atoms with E-state index in [4.69, 9.17) is 4.74 Å². The molecule has 1 aromatic rings. The lowest BCUT2D eigenvalue weighted by Gasteiger charge is -2.14. The van der Waals surface area contributed by atoms with Gasteiger partial charge in [-0.1, -0.05) is 38.3 Å². The molecular formula is C14H21BrMgO. The van der Waals surface area contributed by atoms with Gasteiger partial charge in [0.05, 0.1) is 6.10 Å². The molecule has 0 saturated carbocycles. The first-order valence-electron chi connectivity index (χ1n) is 6.57. The number of ether oxygens (including phenoxy) is 1. The molecule has 1 aromatic carbocycles. The third-order valence-corrected chi connectivity index (χ3v) is 5.60. The number of hydrogen-bond acceptors (Lipinski definition) is 1. The van der Waals surface area contributed by atoms with Crippen LogP contribution in [-0.2, 0) is 0 Å². The van der Waals surface area contributed by atoms with Crippen molar-refractivity contribution in [3.8, 4) is 5.75 Å². The topological polar surface area (TPSA) is 9.23 Å². The maximum absolute atomic E-state index is 5.89. The lowest BCUT2D eigenvalue weighted by Crippen LogP contribution is -2.13. The van der Waals surface area contributed by atoms with E-state index < -0.39 is 0 Å². The molecule has 0 fully saturated rings. The first-order chi connectivity index (χ1) is 8.26. The molecule has 3 heteroatoms. The number of unbranched alkanes of at least 4 members (excludes halogenated alkanes) is 3. The Kier molecular flexibility index (Phi) is 8.32. The molecule has 0 saturated heterocycles. The monoisotopic (exact) mass is 308 g/mol. The van der Waals surface area contributed by atoms with E-state index in [0.717, 1.165) is 12.2 Å². The summed E-state index contributed by atoms with van der Waals surface area (Å²) in [6.07, 6.45) is 6.75. The third-order valence-electron chi connectivity index (χ3n) is 2.88. The summed E-state index contributed by atoms with van der Waals surface area (Å²) >= 11 is 3.37. The largest absolute Gasteiger partial charge is 0.506 e. The minimum Gasteiger partial charge on any atom is -0.491 e. The van der Waals surface area contributed by atoms with Crippen molar-refractivity contribution in [3.05, 3.63) is 24.3 Å². The van der Waals surface area contributed by atoms with Crippen molar-refractivity contribution in [2.45, 2.75) is 52.1 Å². The van der Waals surface area contributed by atoms with Gasteiger partial charge in [0.15, 0.2) is 0 Å². The molecule has 92 valence electrons. The van der Waals surface area contributed by atoms with Gasteiger partial charge >= 0.3 is 18.2 Å². The van der Waals surface area contributed by atoms with Gasteiger partial charge in [-0.15, -0.1) is 0 Å². The van der Waals surface area contributed by atoms with Gasteiger partial charge in [0.25, 0.3) is 0 Å². The average molecular weight is 310 g/mol. The Morgan fingerprint density at radius 2 is 1.88 bits per heavy atom. The van der Waals surface area contributed by atoms with Gasteiger partial charge in [0.1, 0.15) is 5.75 Å². The normalized spacial score (nSPS) is 11.9. The second-order valence-electron chi connectivity index (χ2n) is 4.56. The molecule has 0 aliphatic heterocycles. The molecule has 0 aliphatic carbocycles. The highest BCUT2D eigenvalue weighted by molar-refractivity contribution is 9.23. The van der Waals surface area contributed by atoms with Crippen LogP contribution in [0.2, 0.25) is 0 Å². The third kappa shape index (κ3) is 6.68. The molecule has 0 radical (unpaired) electrons. The first kappa shape index (κ1) is 15.3. The van der Waals surface area contributed by atoms with E-state index >= 15 is 0 Å². The average Bonchev–Trinajstić information content (AvgIpc) is 2.36. The van der Waals surface area contributed by atoms with Gasteiger partial charge in [-0.25, -0.2) is 0 Å². The fourth-order valence-electron chi connectivity index (χ4n) is 1.81. The Labute approximate surface area is 121 Å². The molecular weight excluding hydrogens is 288 g/mol. The summed E-state index contributed by atoms with van der Waals surface area (Å²) < 4.78 is 7.32. The molecule has 17 heavy (non-hydrogen) atoms. The van der Waals surface area contributed by atoms with Crippen molar-refractivity contribution in [2.24, 2.45) is 0 Å². The van der Waals surface area contributed by atoms with E-state index in [0.29, 0.717) is 6.10 Å². The molecule has 0 amide bonds. The van der Waals surface area contributed by atoms with Crippen LogP contribution >= 0.6 is 12.9 Å². The zero-order valence-electron chi connectivity index (χ0n) is 10.9. The van der Waals surface area contributed by atoms with Gasteiger partial charge in [-0.05, 0) is 31.9 Å². The zero-order valence-corrected chi connectivity index (χ0v) is 13.9. The van der Waals surface area contributed by atoms with Crippen LogP contribution in [0.1, 0.15) is 46.0 Å². The summed E-state index contributed by atoms with van der Waals surface area (Å²) in [6, 6.07) is 8.51. The fraction of sp³-hybridized carbons (Fsp3) is 0.571. The standard InChI is InChI=1S/C14H21O.BrH.Mg/c1-3-4-5-7-10-13(2)15-14-11-8-6-9-12-14;;/h8-9,11-13H,3-5,7,10H2,1-2H3;1H;/q;;+1/p-1. The SMILES string of the molecule is CCCCCCC(C)Oc1cc[c]([Mg][Br])cc1. The highest BCUT2D eigenvalue weighted by Gasteiger charge is 2.04. The lowest BCUT2D eigenvalue weighted by atomic mass is 10.1. The minimum absolute atomic E-state index is 0.214. The van der Waals surface area contributed by atoms with Gasteiger partial charge in [-0.3, -0.25) is 12.9 Å². The summed E-state index contributed by atoms with van der Waals surface area (Å²) in [5.74, 6) is 1.01. The van der Waals surface area contributed by atoms with Crippen molar-refractivity contribution in [1.82, 2.24) is 0 Å². The van der Waals surface area contributed by atoms with Crippen molar-refractivity contribution in [3.63, 3.8) is 0 Å². The van der Waals surface area contributed by atoms with E-state index in [1.54, 1.807) is 0 Å². The van der Waals surface area contributed by atoms with Crippen LogP contribution < -0.4 is 8.43 Å². The van der Waals surface area contributed by atoms with E-state index in [2.05, 4.69) is 51.0 Å². The van der Waals surface area contributed by atoms with Crippen LogP contribution in [0.3, 0.4) is 0 Å². The van der Waals surface area contributed by atoms with Crippen LogP contribution in [0.25, 0.3) is 0 Å². The van der Waals surface area contributed by atoms with E-state index in [9.17, 15) is 0 Å². The van der Waals surface area contributed by atoms with Gasteiger partial charge in [0.2, 0.25) is 0 Å². The van der Waals surface area contributed by atoms with Crippen LogP contribution in [0.5, 0.6) is 5.75 Å². The number of halogens is 1. The van der Waals surface area contributed by atoms with Gasteiger partial charge in [0, 0.05) is 0 Å². The van der Waals surface area contributed by atoms with Gasteiger partial charge < -0.3 is 4.74 Å². The molecule has 1 unspecified atom stereocenters. The fourth-order valence-corrected chi connectivity index (χ4v) is 3.34. The predicted molar refractivity (Wildman–Crippen MR) is 79.6 cm³/mol. The molecule has 0 aromatic heterocycles. The smallest absolute Gasteiger partial charge is 0.491 e. The highest BCUT2D eigenvalue weighted by Crippen LogP contribution is 2.14. The molecule has 0 N–H and O–H groups in total. The summed E-state index contributed by atoms with van der Waals surface area (Å²) in [4.78, 5) is 0. The molecule has 0 spiro atoms. The predicted octanol–water partition coefficient (Wildman–Crippen LogP) is 4.06. The number of rotatable bonds is 8. The van der Waals surface area contributed by atoms with Crippen molar-refractivity contribution < 1.29 is 4.74 Å². The van der Waals surface area contributed by atoms with Crippen LogP contribution in [0, 0.1) is 0 Å². The molecule has 0 aliphatic rings. The number of hydrogen-bond donors (Lipinski definition) is 0. The Hall–Kier alpha value is 0.266. The van der Waals surface area contributed by atoms with Gasteiger partial charge in [-0.2, -0.15) is 3.69 Å². The maximum atomic E-state index is 5.89. The summed E-state index contributed by atoms with van der Waals surface area (Å²) in [6.45, 7) is 4.41. The van der Waals surface area contributed by atoms with Crippen molar-refractivity contribution >= 4 is 34.8 Å². The Balaban J connectivity index is 2.26. The second kappa shape index (κ2) is 9.23. The van der Waals surface area contributed by atoms with Crippen LogP contribution in [-0.4, -0.2) is 24.3 Å². The summed E-state index contributed by atoms with van der Waals surface area (Å²) in [5, 5.41) is 0. The van der Waals surface area contributed by atoms with E-state index in [1.165, 1.54) is 29.4 Å². The summed E-state index contributed by atoms with van der Waals surface area (Å²) in [5.41, 5.74) is 0. The highest BCUT2D eigenvalue weighted by atomic mass is 79.9. The Morgan fingerprint density at radius 1 is 1.18 bits per heavy atom. The van der Waals surface area contributed by atoms with E-state index in [1.807, 2.05) is 0 Å². The Bertz CT molecular complexity index is 300. The lowest BCUT2D eigenvalue weighted by molar-refractivity contribution is 0.206. The first-order valence-corrected chi connectivity index (χ1v) is 11.2. The van der Waals surface area contributed by atoms with Crippen LogP contribution in [0.15, 0.2) is 24.3 Å². The second-order valence-corrected chi connectivity index (χ2v) is 7.32. The quantitative estimate of drug-likeness (QED) is 0.520. The van der Waals surface area contributed by atoms with E-state index in [-0.39, 0.29) is 18.2 Å². The minimum atomic E-state index is -0.214. The molecule has 1 atom stereocenters. The van der Waals surface area contributed by atoms with Crippen molar-refractivity contribution in [2.75, 3.05) is 0 Å². The zero-order chi connectivity index (χ0) is 12.5. The number of benzene rings is 1. The molecule has 1 rings (SSSR count). The van der Waals surface area contributed by atoms with Crippen molar-refractivity contribution in [1.29, 1.82) is 0 Å². The molecule has 1 nitrogen and oxygen atoms in total. The maximum Gasteiger partial charge on any atom is 0.506 e. The molecule has 0 heterocycles. The Morgan fingerprint density at radius 3 is 2.47 bits per heavy atom. The molecule has 0 bridgehead atoms. The summed E-state index contributed by atoms with van der Waals surface area (Å²) in [7, 11) is 0.